The number of carbonyl (C=O) groups excluding carboxylic acids is 2. The van der Waals surface area contributed by atoms with E-state index in [1.807, 2.05) is 0 Å². The Morgan fingerprint density at radius 3 is 1.33 bits per heavy atom. The molecule has 0 amide bonds. The third kappa shape index (κ3) is 23.8. The van der Waals surface area contributed by atoms with Gasteiger partial charge in [0.05, 0.1) is 6.61 Å². The van der Waals surface area contributed by atoms with Crippen LogP contribution in [0.15, 0.2) is 0 Å². The average Bonchev–Trinajstić information content (AvgIpc) is 2.81. The van der Waals surface area contributed by atoms with Crippen LogP contribution in [0.3, 0.4) is 0 Å². The molecule has 0 unspecified atom stereocenters. The molecule has 0 aromatic carbocycles. The highest BCUT2D eigenvalue weighted by molar-refractivity contribution is 5.70. The molecule has 1 N–H and O–H groups in total. The third-order valence-electron chi connectivity index (χ3n) is 6.15. The van der Waals surface area contributed by atoms with Crippen molar-refractivity contribution in [3.63, 3.8) is 0 Å². The van der Waals surface area contributed by atoms with E-state index in [0.717, 1.165) is 38.5 Å². The first-order chi connectivity index (χ1) is 16.1. The van der Waals surface area contributed by atoms with Crippen LogP contribution in [0.25, 0.3) is 0 Å². The maximum absolute atomic E-state index is 12.0. The molecule has 1 atom stereocenters. The molecule has 0 saturated heterocycles. The zero-order valence-corrected chi connectivity index (χ0v) is 21.9. The summed E-state index contributed by atoms with van der Waals surface area (Å²) in [6.45, 7) is 4.05. The molecule has 0 aromatic heterocycles. The number of rotatable bonds is 25. The lowest BCUT2D eigenvalue weighted by Crippen LogP contribution is -2.28. The lowest BCUT2D eigenvalue weighted by molar-refractivity contribution is -0.161. The lowest BCUT2D eigenvalue weighted by Gasteiger charge is -2.15. The number of ether oxygens (including phenoxy) is 2. The van der Waals surface area contributed by atoms with Crippen LogP contribution in [0, 0.1) is 0 Å². The van der Waals surface area contributed by atoms with Crippen molar-refractivity contribution in [2.24, 2.45) is 0 Å². The van der Waals surface area contributed by atoms with Crippen LogP contribution in [0.4, 0.5) is 0 Å². The van der Waals surface area contributed by atoms with E-state index < -0.39 is 6.10 Å². The van der Waals surface area contributed by atoms with Crippen molar-refractivity contribution in [3.8, 4) is 0 Å². The number of carbonyl (C=O) groups is 2. The smallest absolute Gasteiger partial charge is 0.306 e. The van der Waals surface area contributed by atoms with Crippen molar-refractivity contribution in [2.75, 3.05) is 13.2 Å². The first-order valence-corrected chi connectivity index (χ1v) is 14.1. The number of aliphatic hydroxyl groups is 1. The van der Waals surface area contributed by atoms with Crippen molar-refractivity contribution in [1.82, 2.24) is 0 Å². The van der Waals surface area contributed by atoms with Crippen molar-refractivity contribution in [3.05, 3.63) is 0 Å². The molecule has 0 aliphatic rings. The second-order valence-electron chi connectivity index (χ2n) is 9.49. The minimum absolute atomic E-state index is 0.0600. The Bertz CT molecular complexity index is 438. The second-order valence-corrected chi connectivity index (χ2v) is 9.49. The number of hydrogen-bond acceptors (Lipinski definition) is 5. The first kappa shape index (κ1) is 31.9. The number of esters is 2. The van der Waals surface area contributed by atoms with Crippen LogP contribution >= 0.6 is 0 Å². The van der Waals surface area contributed by atoms with E-state index in [9.17, 15) is 14.7 Å². The predicted octanol–water partition coefficient (Wildman–Crippen LogP) is 7.67. The molecule has 196 valence electrons. The standard InChI is InChI=1S/C28H54O5/c1-3-5-7-9-11-12-13-14-15-16-17-19-21-23-28(31)33-26(24-29)25-32-27(30)22-20-18-10-8-6-4-2/h26,29H,3-25H2,1-2H3/t26-/m0/s1. The van der Waals surface area contributed by atoms with Crippen LogP contribution < -0.4 is 0 Å². The summed E-state index contributed by atoms with van der Waals surface area (Å²) in [7, 11) is 0. The highest BCUT2D eigenvalue weighted by Crippen LogP contribution is 2.13. The van der Waals surface area contributed by atoms with Gasteiger partial charge in [0.1, 0.15) is 6.61 Å². The van der Waals surface area contributed by atoms with Gasteiger partial charge in [0.25, 0.3) is 0 Å². The molecule has 0 radical (unpaired) electrons. The lowest BCUT2D eigenvalue weighted by atomic mass is 10.0. The minimum atomic E-state index is -0.757. The molecule has 5 heteroatoms. The quantitative estimate of drug-likeness (QED) is 0.109. The van der Waals surface area contributed by atoms with Crippen LogP contribution in [-0.4, -0.2) is 36.4 Å². The van der Waals surface area contributed by atoms with Gasteiger partial charge in [-0.1, -0.05) is 123 Å². The van der Waals surface area contributed by atoms with Gasteiger partial charge in [0.2, 0.25) is 0 Å². The minimum Gasteiger partial charge on any atom is -0.462 e. The summed E-state index contributed by atoms with van der Waals surface area (Å²) < 4.78 is 10.4. The molecule has 33 heavy (non-hydrogen) atoms. The Kier molecular flexibility index (Phi) is 24.7. The van der Waals surface area contributed by atoms with Crippen LogP contribution in [0.5, 0.6) is 0 Å². The molecule has 0 heterocycles. The molecule has 0 fully saturated rings. The van der Waals surface area contributed by atoms with Crippen LogP contribution in [0.2, 0.25) is 0 Å². The fraction of sp³-hybridized carbons (Fsp3) is 0.929. The third-order valence-corrected chi connectivity index (χ3v) is 6.15. The maximum Gasteiger partial charge on any atom is 0.306 e. The average molecular weight is 471 g/mol. The Balaban J connectivity index is 3.56. The zero-order valence-electron chi connectivity index (χ0n) is 21.9. The van der Waals surface area contributed by atoms with Gasteiger partial charge in [-0.25, -0.2) is 0 Å². The summed E-state index contributed by atoms with van der Waals surface area (Å²) in [6, 6.07) is 0. The maximum atomic E-state index is 12.0. The second kappa shape index (κ2) is 25.5. The molecule has 0 spiro atoms. The highest BCUT2D eigenvalue weighted by atomic mass is 16.6. The van der Waals surface area contributed by atoms with Gasteiger partial charge < -0.3 is 14.6 Å². The van der Waals surface area contributed by atoms with E-state index in [1.165, 1.54) is 83.5 Å². The van der Waals surface area contributed by atoms with E-state index in [4.69, 9.17) is 9.47 Å². The van der Waals surface area contributed by atoms with Gasteiger partial charge in [0, 0.05) is 12.8 Å². The highest BCUT2D eigenvalue weighted by Gasteiger charge is 2.16. The largest absolute Gasteiger partial charge is 0.462 e. The van der Waals surface area contributed by atoms with Crippen molar-refractivity contribution >= 4 is 11.9 Å². The predicted molar refractivity (Wildman–Crippen MR) is 136 cm³/mol. The number of aliphatic hydroxyl groups excluding tert-OH is 1. The fourth-order valence-corrected chi connectivity index (χ4v) is 3.96. The monoisotopic (exact) mass is 470 g/mol. The first-order valence-electron chi connectivity index (χ1n) is 14.1. The van der Waals surface area contributed by atoms with Gasteiger partial charge in [-0.05, 0) is 12.8 Å². The molecule has 5 nitrogen and oxygen atoms in total. The molecule has 0 bridgehead atoms. The normalized spacial score (nSPS) is 12.0. The van der Waals surface area contributed by atoms with E-state index in [1.54, 1.807) is 0 Å². The molecule has 0 aliphatic carbocycles. The Hall–Kier alpha value is -1.10. The zero-order chi connectivity index (χ0) is 24.4. The Morgan fingerprint density at radius 2 is 0.939 bits per heavy atom. The van der Waals surface area contributed by atoms with E-state index in [2.05, 4.69) is 13.8 Å². The Morgan fingerprint density at radius 1 is 0.576 bits per heavy atom. The van der Waals surface area contributed by atoms with E-state index in [-0.39, 0.29) is 25.2 Å². The van der Waals surface area contributed by atoms with Crippen molar-refractivity contribution < 1.29 is 24.2 Å². The van der Waals surface area contributed by atoms with Crippen LogP contribution in [0.1, 0.15) is 149 Å². The molecule has 0 aromatic rings. The summed E-state index contributed by atoms with van der Waals surface area (Å²) in [6.07, 6.45) is 23.1. The van der Waals surface area contributed by atoms with Gasteiger partial charge in [0.15, 0.2) is 6.10 Å². The van der Waals surface area contributed by atoms with Gasteiger partial charge in [-0.15, -0.1) is 0 Å². The molecular formula is C28H54O5. The number of unbranched alkanes of at least 4 members (excludes halogenated alkanes) is 17. The summed E-state index contributed by atoms with van der Waals surface area (Å²) >= 11 is 0. The molecule has 0 aliphatic heterocycles. The van der Waals surface area contributed by atoms with Gasteiger partial charge in [-0.2, -0.15) is 0 Å². The van der Waals surface area contributed by atoms with E-state index >= 15 is 0 Å². The van der Waals surface area contributed by atoms with Gasteiger partial charge in [-0.3, -0.25) is 9.59 Å². The van der Waals surface area contributed by atoms with Crippen LogP contribution in [-0.2, 0) is 19.1 Å². The molecule has 0 saturated carbocycles. The summed E-state index contributed by atoms with van der Waals surface area (Å²) in [4.78, 5) is 23.8. The SMILES string of the molecule is CCCCCCCCCCCCCCCC(=O)O[C@@H](CO)COC(=O)CCCCCCCC. The Labute approximate surface area is 204 Å². The summed E-state index contributed by atoms with van der Waals surface area (Å²) in [5, 5.41) is 9.40. The summed E-state index contributed by atoms with van der Waals surface area (Å²) in [5.41, 5.74) is 0. The van der Waals surface area contributed by atoms with Gasteiger partial charge >= 0.3 is 11.9 Å². The molecule has 0 rings (SSSR count). The fourth-order valence-electron chi connectivity index (χ4n) is 3.96. The van der Waals surface area contributed by atoms with Crippen molar-refractivity contribution in [1.29, 1.82) is 0 Å². The van der Waals surface area contributed by atoms with E-state index in [0.29, 0.717) is 12.8 Å². The number of hydrogen-bond donors (Lipinski definition) is 1. The van der Waals surface area contributed by atoms with Crippen molar-refractivity contribution in [2.45, 2.75) is 155 Å². The summed E-state index contributed by atoms with van der Waals surface area (Å²) in [5.74, 6) is -0.597. The topological polar surface area (TPSA) is 72.8 Å². The molecular weight excluding hydrogens is 416 g/mol.